The predicted octanol–water partition coefficient (Wildman–Crippen LogP) is -0.408. The SMILES string of the molecule is CCCCNC(=O)Cn1cc(F)c(=O)[nH]c1=O. The van der Waals surface area contributed by atoms with Gasteiger partial charge in [0.25, 0.3) is 5.56 Å². The molecule has 0 unspecified atom stereocenters. The van der Waals surface area contributed by atoms with Gasteiger partial charge in [0, 0.05) is 6.54 Å². The Hall–Kier alpha value is -1.92. The van der Waals surface area contributed by atoms with Crippen molar-refractivity contribution < 1.29 is 9.18 Å². The third kappa shape index (κ3) is 3.86. The van der Waals surface area contributed by atoms with E-state index in [-0.39, 0.29) is 6.54 Å². The van der Waals surface area contributed by atoms with E-state index in [1.807, 2.05) is 6.92 Å². The van der Waals surface area contributed by atoms with Crippen LogP contribution < -0.4 is 16.6 Å². The van der Waals surface area contributed by atoms with Crippen molar-refractivity contribution in [1.82, 2.24) is 14.9 Å². The van der Waals surface area contributed by atoms with Crippen LogP contribution in [0, 0.1) is 5.82 Å². The van der Waals surface area contributed by atoms with E-state index in [4.69, 9.17) is 0 Å². The van der Waals surface area contributed by atoms with Crippen molar-refractivity contribution in [3.63, 3.8) is 0 Å². The van der Waals surface area contributed by atoms with Crippen molar-refractivity contribution in [1.29, 1.82) is 0 Å². The van der Waals surface area contributed by atoms with Crippen LogP contribution >= 0.6 is 0 Å². The minimum atomic E-state index is -1.09. The van der Waals surface area contributed by atoms with Crippen LogP contribution in [0.1, 0.15) is 19.8 Å². The smallest absolute Gasteiger partial charge is 0.328 e. The zero-order chi connectivity index (χ0) is 12.8. The molecule has 1 amide bonds. The molecule has 0 aliphatic carbocycles. The minimum absolute atomic E-state index is 0.309. The van der Waals surface area contributed by atoms with Crippen LogP contribution in [0.5, 0.6) is 0 Å². The maximum atomic E-state index is 12.9. The number of hydrogen-bond donors (Lipinski definition) is 2. The van der Waals surface area contributed by atoms with Gasteiger partial charge in [-0.1, -0.05) is 13.3 Å². The van der Waals surface area contributed by atoms with Crippen LogP contribution in [-0.2, 0) is 11.3 Å². The quantitative estimate of drug-likeness (QED) is 0.690. The summed E-state index contributed by atoms with van der Waals surface area (Å²) >= 11 is 0. The number of amides is 1. The molecule has 0 aromatic carbocycles. The first-order valence-corrected chi connectivity index (χ1v) is 5.30. The molecular formula is C10H14FN3O3. The van der Waals surface area contributed by atoms with Crippen molar-refractivity contribution in [3.8, 4) is 0 Å². The number of aromatic nitrogens is 2. The van der Waals surface area contributed by atoms with Gasteiger partial charge in [0.1, 0.15) is 6.54 Å². The molecule has 0 saturated carbocycles. The first-order chi connectivity index (χ1) is 8.04. The average Bonchev–Trinajstić information content (AvgIpc) is 2.26. The molecule has 6 nitrogen and oxygen atoms in total. The molecular weight excluding hydrogens is 229 g/mol. The maximum Gasteiger partial charge on any atom is 0.328 e. The zero-order valence-corrected chi connectivity index (χ0v) is 9.46. The van der Waals surface area contributed by atoms with Crippen LogP contribution in [0.2, 0.25) is 0 Å². The van der Waals surface area contributed by atoms with E-state index >= 15 is 0 Å². The highest BCUT2D eigenvalue weighted by atomic mass is 19.1. The molecule has 94 valence electrons. The molecule has 0 aliphatic rings. The number of nitrogens with one attached hydrogen (secondary N) is 2. The fourth-order valence-electron chi connectivity index (χ4n) is 1.22. The summed E-state index contributed by atoms with van der Waals surface area (Å²) in [5.74, 6) is -1.49. The number of hydrogen-bond acceptors (Lipinski definition) is 3. The summed E-state index contributed by atoms with van der Waals surface area (Å²) in [6, 6.07) is 0. The summed E-state index contributed by atoms with van der Waals surface area (Å²) in [6.45, 7) is 2.18. The number of halogens is 1. The van der Waals surface area contributed by atoms with Crippen LogP contribution in [-0.4, -0.2) is 22.0 Å². The Morgan fingerprint density at radius 1 is 1.53 bits per heavy atom. The summed E-state index contributed by atoms with van der Waals surface area (Å²) < 4.78 is 13.7. The average molecular weight is 243 g/mol. The Balaban J connectivity index is 2.69. The third-order valence-electron chi connectivity index (χ3n) is 2.13. The molecule has 0 bridgehead atoms. The second-order valence-corrected chi connectivity index (χ2v) is 3.57. The van der Waals surface area contributed by atoms with Crippen LogP contribution in [0.15, 0.2) is 15.8 Å². The lowest BCUT2D eigenvalue weighted by Crippen LogP contribution is -2.37. The zero-order valence-electron chi connectivity index (χ0n) is 9.46. The molecule has 7 heteroatoms. The number of carbonyl (C=O) groups is 1. The van der Waals surface area contributed by atoms with E-state index in [0.717, 1.165) is 23.6 Å². The molecule has 17 heavy (non-hydrogen) atoms. The van der Waals surface area contributed by atoms with Crippen LogP contribution in [0.4, 0.5) is 4.39 Å². The summed E-state index contributed by atoms with van der Waals surface area (Å²) in [7, 11) is 0. The maximum absolute atomic E-state index is 12.9. The number of aromatic amines is 1. The van der Waals surface area contributed by atoms with Gasteiger partial charge in [-0.2, -0.15) is 4.39 Å². The summed E-state index contributed by atoms with van der Waals surface area (Å²) in [5.41, 5.74) is -1.89. The summed E-state index contributed by atoms with van der Waals surface area (Å²) in [4.78, 5) is 35.1. The molecule has 1 heterocycles. The topological polar surface area (TPSA) is 84.0 Å². The largest absolute Gasteiger partial charge is 0.355 e. The first-order valence-electron chi connectivity index (χ1n) is 5.30. The second-order valence-electron chi connectivity index (χ2n) is 3.57. The van der Waals surface area contributed by atoms with Crippen LogP contribution in [0.3, 0.4) is 0 Å². The van der Waals surface area contributed by atoms with Gasteiger partial charge >= 0.3 is 5.69 Å². The lowest BCUT2D eigenvalue weighted by molar-refractivity contribution is -0.121. The van der Waals surface area contributed by atoms with Crippen molar-refractivity contribution in [3.05, 3.63) is 32.9 Å². The van der Waals surface area contributed by atoms with E-state index in [1.54, 1.807) is 4.98 Å². The Morgan fingerprint density at radius 2 is 2.24 bits per heavy atom. The Kier molecular flexibility index (Phi) is 4.62. The van der Waals surface area contributed by atoms with E-state index in [0.29, 0.717) is 6.54 Å². The van der Waals surface area contributed by atoms with Gasteiger partial charge in [0.15, 0.2) is 0 Å². The minimum Gasteiger partial charge on any atom is -0.355 e. The number of carbonyl (C=O) groups excluding carboxylic acids is 1. The monoisotopic (exact) mass is 243 g/mol. The lowest BCUT2D eigenvalue weighted by atomic mass is 10.3. The molecule has 1 aromatic rings. The van der Waals surface area contributed by atoms with E-state index < -0.39 is 23.0 Å². The number of H-pyrrole nitrogens is 1. The van der Waals surface area contributed by atoms with Crippen LogP contribution in [0.25, 0.3) is 0 Å². The van der Waals surface area contributed by atoms with Gasteiger partial charge in [0.2, 0.25) is 11.7 Å². The Labute approximate surface area is 96.5 Å². The summed E-state index contributed by atoms with van der Waals surface area (Å²) in [6.07, 6.45) is 2.49. The number of rotatable bonds is 5. The van der Waals surface area contributed by atoms with Crippen molar-refractivity contribution in [2.45, 2.75) is 26.3 Å². The van der Waals surface area contributed by atoms with Crippen molar-refractivity contribution in [2.75, 3.05) is 6.54 Å². The van der Waals surface area contributed by atoms with Gasteiger partial charge in [-0.25, -0.2) is 4.79 Å². The van der Waals surface area contributed by atoms with E-state index in [9.17, 15) is 18.8 Å². The highest BCUT2D eigenvalue weighted by Crippen LogP contribution is 1.86. The molecule has 1 rings (SSSR count). The standard InChI is InChI=1S/C10H14FN3O3/c1-2-3-4-12-8(15)6-14-5-7(11)9(16)13-10(14)17/h5H,2-4,6H2,1H3,(H,12,15)(H,13,16,17). The fourth-order valence-corrected chi connectivity index (χ4v) is 1.22. The number of nitrogens with zero attached hydrogens (tertiary/aromatic N) is 1. The van der Waals surface area contributed by atoms with Gasteiger partial charge in [-0.05, 0) is 6.42 Å². The van der Waals surface area contributed by atoms with E-state index in [2.05, 4.69) is 5.32 Å². The highest BCUT2D eigenvalue weighted by Gasteiger charge is 2.07. The second kappa shape index (κ2) is 5.97. The molecule has 0 radical (unpaired) electrons. The van der Waals surface area contributed by atoms with E-state index in [1.165, 1.54) is 0 Å². The molecule has 0 saturated heterocycles. The molecule has 0 atom stereocenters. The van der Waals surface area contributed by atoms with Crippen molar-refractivity contribution >= 4 is 5.91 Å². The molecule has 1 aromatic heterocycles. The number of unbranched alkanes of at least 4 members (excludes halogenated alkanes) is 1. The highest BCUT2D eigenvalue weighted by molar-refractivity contribution is 5.75. The van der Waals surface area contributed by atoms with Crippen molar-refractivity contribution in [2.24, 2.45) is 0 Å². The molecule has 2 N–H and O–H groups in total. The van der Waals surface area contributed by atoms with Gasteiger partial charge in [0.05, 0.1) is 6.20 Å². The third-order valence-corrected chi connectivity index (χ3v) is 2.13. The molecule has 0 fully saturated rings. The Morgan fingerprint density at radius 3 is 2.88 bits per heavy atom. The predicted molar refractivity (Wildman–Crippen MR) is 59.2 cm³/mol. The normalized spacial score (nSPS) is 10.2. The summed E-state index contributed by atoms with van der Waals surface area (Å²) in [5, 5.41) is 2.58. The molecule has 0 aliphatic heterocycles. The van der Waals surface area contributed by atoms with Gasteiger partial charge in [-0.3, -0.25) is 19.1 Å². The van der Waals surface area contributed by atoms with Gasteiger partial charge in [-0.15, -0.1) is 0 Å². The Bertz CT molecular complexity index is 506. The molecule has 0 spiro atoms. The lowest BCUT2D eigenvalue weighted by Gasteiger charge is -2.06. The van der Waals surface area contributed by atoms with Gasteiger partial charge < -0.3 is 5.32 Å². The fraction of sp³-hybridized carbons (Fsp3) is 0.500. The first kappa shape index (κ1) is 13.1.